The van der Waals surface area contributed by atoms with Crippen molar-refractivity contribution in [3.05, 3.63) is 217 Å². The summed E-state index contributed by atoms with van der Waals surface area (Å²) >= 11 is 0. The van der Waals surface area contributed by atoms with E-state index in [0.717, 1.165) is 88.8 Å². The highest BCUT2D eigenvalue weighted by Gasteiger charge is 2.36. The number of para-hydroxylation sites is 2. The number of rotatable bonds is 7. The molecular formula is C60H40N4O2. The summed E-state index contributed by atoms with van der Waals surface area (Å²) in [6, 6.07) is 72.1. The minimum atomic E-state index is -0.175. The van der Waals surface area contributed by atoms with Crippen molar-refractivity contribution in [3.63, 3.8) is 0 Å². The fourth-order valence-electron chi connectivity index (χ4n) is 10.2. The zero-order valence-electron chi connectivity index (χ0n) is 36.2. The molecule has 0 bridgehead atoms. The van der Waals surface area contributed by atoms with Crippen molar-refractivity contribution in [2.75, 3.05) is 4.90 Å². The standard InChI is InChI=1S/C60H40N4O2/c1-60(2)49-27-9-6-22-43(49)44-33-32-42(36-50(44)60)64(40-20-12-18-38(34-40)37-16-4-3-5-17-37)41-21-13-19-39(35-41)57-61-58(47-25-14-30-53-55(47)45-23-7-10-28-51(45)65-53)63-59(62-57)48-26-15-31-54-56(48)46-24-8-11-29-52(46)66-54/h3-36H,1-2H3. The molecule has 6 heteroatoms. The number of aromatic nitrogens is 3. The smallest absolute Gasteiger partial charge is 0.164 e. The quantitative estimate of drug-likeness (QED) is 0.159. The first-order valence-electron chi connectivity index (χ1n) is 22.3. The van der Waals surface area contributed by atoms with E-state index in [-0.39, 0.29) is 5.41 Å². The Balaban J connectivity index is 1.03. The van der Waals surface area contributed by atoms with E-state index in [1.54, 1.807) is 0 Å². The van der Waals surface area contributed by atoms with Crippen molar-refractivity contribution >= 4 is 60.9 Å². The topological polar surface area (TPSA) is 68.2 Å². The van der Waals surface area contributed by atoms with Gasteiger partial charge in [0.15, 0.2) is 17.5 Å². The predicted molar refractivity (Wildman–Crippen MR) is 268 cm³/mol. The molecular weight excluding hydrogens is 809 g/mol. The van der Waals surface area contributed by atoms with Crippen LogP contribution in [-0.4, -0.2) is 15.0 Å². The van der Waals surface area contributed by atoms with Crippen molar-refractivity contribution < 1.29 is 8.83 Å². The SMILES string of the molecule is CC1(C)c2ccccc2-c2ccc(N(c3cccc(-c4ccccc4)c3)c3cccc(-c4nc(-c5cccc6oc7ccccc7c56)nc(-c5cccc6oc7ccccc7c56)n4)c3)cc21. The molecule has 66 heavy (non-hydrogen) atoms. The molecule has 0 radical (unpaired) electrons. The number of benzene rings is 9. The molecule has 0 saturated carbocycles. The molecule has 0 atom stereocenters. The van der Waals surface area contributed by atoms with E-state index in [9.17, 15) is 0 Å². The zero-order chi connectivity index (χ0) is 43.9. The average molecular weight is 849 g/mol. The van der Waals surface area contributed by atoms with E-state index in [1.165, 1.54) is 22.3 Å². The monoisotopic (exact) mass is 848 g/mol. The first kappa shape index (κ1) is 37.9. The fourth-order valence-corrected chi connectivity index (χ4v) is 10.2. The van der Waals surface area contributed by atoms with E-state index in [1.807, 2.05) is 60.7 Å². The van der Waals surface area contributed by atoms with Gasteiger partial charge in [-0.05, 0) is 94.0 Å². The normalized spacial score (nSPS) is 12.8. The summed E-state index contributed by atoms with van der Waals surface area (Å²) in [6.45, 7) is 4.66. The van der Waals surface area contributed by atoms with Gasteiger partial charge < -0.3 is 13.7 Å². The van der Waals surface area contributed by atoms with Gasteiger partial charge in [-0.15, -0.1) is 0 Å². The molecule has 9 aromatic carbocycles. The maximum atomic E-state index is 6.37. The number of anilines is 3. The van der Waals surface area contributed by atoms with Gasteiger partial charge in [0, 0.05) is 60.7 Å². The molecule has 0 amide bonds. The molecule has 312 valence electrons. The Hall–Kier alpha value is -8.61. The number of furan rings is 2. The van der Waals surface area contributed by atoms with Gasteiger partial charge in [-0.2, -0.15) is 0 Å². The molecule has 13 rings (SSSR count). The van der Waals surface area contributed by atoms with E-state index in [4.69, 9.17) is 23.8 Å². The van der Waals surface area contributed by atoms with Gasteiger partial charge >= 0.3 is 0 Å². The van der Waals surface area contributed by atoms with Crippen molar-refractivity contribution in [2.24, 2.45) is 0 Å². The lowest BCUT2D eigenvalue weighted by atomic mass is 9.82. The Morgan fingerprint density at radius 1 is 0.348 bits per heavy atom. The van der Waals surface area contributed by atoms with Gasteiger partial charge in [-0.25, -0.2) is 15.0 Å². The van der Waals surface area contributed by atoms with Crippen LogP contribution in [0.2, 0.25) is 0 Å². The third-order valence-electron chi connectivity index (χ3n) is 13.3. The van der Waals surface area contributed by atoms with E-state index in [2.05, 4.69) is 164 Å². The minimum absolute atomic E-state index is 0.175. The zero-order valence-corrected chi connectivity index (χ0v) is 36.2. The highest BCUT2D eigenvalue weighted by molar-refractivity contribution is 6.13. The first-order chi connectivity index (χ1) is 32.5. The third-order valence-corrected chi connectivity index (χ3v) is 13.3. The summed E-state index contributed by atoms with van der Waals surface area (Å²) in [4.78, 5) is 18.4. The van der Waals surface area contributed by atoms with Crippen LogP contribution >= 0.6 is 0 Å². The first-order valence-corrected chi connectivity index (χ1v) is 22.3. The molecule has 3 aromatic heterocycles. The largest absolute Gasteiger partial charge is 0.456 e. The molecule has 0 fully saturated rings. The second-order valence-corrected chi connectivity index (χ2v) is 17.6. The maximum absolute atomic E-state index is 6.37. The lowest BCUT2D eigenvalue weighted by Gasteiger charge is -2.28. The molecule has 6 nitrogen and oxygen atoms in total. The van der Waals surface area contributed by atoms with Crippen molar-refractivity contribution in [1.29, 1.82) is 0 Å². The second kappa shape index (κ2) is 14.7. The van der Waals surface area contributed by atoms with Gasteiger partial charge in [0.1, 0.15) is 22.3 Å². The molecule has 0 saturated heterocycles. The summed E-state index contributed by atoms with van der Waals surface area (Å²) < 4.78 is 12.7. The van der Waals surface area contributed by atoms with Crippen molar-refractivity contribution in [1.82, 2.24) is 15.0 Å². The number of nitrogens with zero attached hydrogens (tertiary/aromatic N) is 4. The summed E-state index contributed by atoms with van der Waals surface area (Å²) in [6.07, 6.45) is 0. The summed E-state index contributed by atoms with van der Waals surface area (Å²) in [7, 11) is 0. The number of hydrogen-bond acceptors (Lipinski definition) is 6. The van der Waals surface area contributed by atoms with Crippen molar-refractivity contribution in [2.45, 2.75) is 19.3 Å². The van der Waals surface area contributed by atoms with Crippen molar-refractivity contribution in [3.8, 4) is 56.4 Å². The van der Waals surface area contributed by atoms with Gasteiger partial charge in [-0.1, -0.05) is 159 Å². The molecule has 0 aliphatic heterocycles. The highest BCUT2D eigenvalue weighted by Crippen LogP contribution is 2.51. The average Bonchev–Trinajstić information content (AvgIpc) is 4.02. The van der Waals surface area contributed by atoms with E-state index in [0.29, 0.717) is 17.5 Å². The lowest BCUT2D eigenvalue weighted by Crippen LogP contribution is -2.16. The van der Waals surface area contributed by atoms with Crippen LogP contribution in [0.3, 0.4) is 0 Å². The van der Waals surface area contributed by atoms with Gasteiger partial charge in [0.2, 0.25) is 0 Å². The molecule has 0 N–H and O–H groups in total. The maximum Gasteiger partial charge on any atom is 0.164 e. The van der Waals surface area contributed by atoms with Crippen LogP contribution in [0.15, 0.2) is 215 Å². The Labute approximate surface area is 381 Å². The molecule has 1 aliphatic carbocycles. The Morgan fingerprint density at radius 2 is 0.818 bits per heavy atom. The summed E-state index contributed by atoms with van der Waals surface area (Å²) in [5.74, 6) is 1.65. The molecule has 3 heterocycles. The second-order valence-electron chi connectivity index (χ2n) is 17.6. The van der Waals surface area contributed by atoms with Crippen LogP contribution in [0.25, 0.3) is 100 Å². The Morgan fingerprint density at radius 3 is 1.48 bits per heavy atom. The number of hydrogen-bond donors (Lipinski definition) is 0. The van der Waals surface area contributed by atoms with Crippen LogP contribution in [0.1, 0.15) is 25.0 Å². The molecule has 0 spiro atoms. The summed E-state index contributed by atoms with van der Waals surface area (Å²) in [5, 5.41) is 3.93. The van der Waals surface area contributed by atoms with Crippen LogP contribution < -0.4 is 4.90 Å². The molecule has 12 aromatic rings. The van der Waals surface area contributed by atoms with Gasteiger partial charge in [0.25, 0.3) is 0 Å². The minimum Gasteiger partial charge on any atom is -0.456 e. The highest BCUT2D eigenvalue weighted by atomic mass is 16.3. The van der Waals surface area contributed by atoms with Crippen LogP contribution in [0, 0.1) is 0 Å². The Kier molecular flexibility index (Phi) is 8.46. The molecule has 0 unspecified atom stereocenters. The van der Waals surface area contributed by atoms with E-state index < -0.39 is 0 Å². The van der Waals surface area contributed by atoms with Crippen LogP contribution in [-0.2, 0) is 5.41 Å². The van der Waals surface area contributed by atoms with Gasteiger partial charge in [-0.3, -0.25) is 0 Å². The third kappa shape index (κ3) is 5.99. The summed E-state index contributed by atoms with van der Waals surface area (Å²) in [5.41, 5.74) is 16.2. The van der Waals surface area contributed by atoms with Crippen LogP contribution in [0.4, 0.5) is 17.1 Å². The van der Waals surface area contributed by atoms with Crippen LogP contribution in [0.5, 0.6) is 0 Å². The Bertz CT molecular complexity index is 3750. The lowest BCUT2D eigenvalue weighted by molar-refractivity contribution is 0.660. The molecule has 1 aliphatic rings. The van der Waals surface area contributed by atoms with E-state index >= 15 is 0 Å². The van der Waals surface area contributed by atoms with Gasteiger partial charge in [0.05, 0.1) is 0 Å². The predicted octanol–water partition coefficient (Wildman–Crippen LogP) is 16.1. The fraction of sp³-hybridized carbons (Fsp3) is 0.0500. The number of fused-ring (bicyclic) bond motifs is 9.